The molecule has 0 saturated carbocycles. The second kappa shape index (κ2) is 13.2. The fraction of sp³-hybridized carbons (Fsp3) is 0.306. The highest BCUT2D eigenvalue weighted by Crippen LogP contribution is 2.53. The Hall–Kier alpha value is -3.98. The first-order valence-corrected chi connectivity index (χ1v) is 16.5. The largest absolute Gasteiger partial charge is 0.338 e. The number of nitrogens with zero attached hydrogens (tertiary/aromatic N) is 2. The van der Waals surface area contributed by atoms with E-state index in [2.05, 4.69) is 10.6 Å². The van der Waals surface area contributed by atoms with E-state index in [0.717, 1.165) is 27.1 Å². The number of rotatable bonds is 6. The number of amides is 3. The highest BCUT2D eigenvalue weighted by Gasteiger charge is 2.59. The first-order chi connectivity index (χ1) is 21.7. The van der Waals surface area contributed by atoms with E-state index in [9.17, 15) is 14.4 Å². The average Bonchev–Trinajstić information content (AvgIpc) is 3.62. The van der Waals surface area contributed by atoms with Gasteiger partial charge in [-0.2, -0.15) is 0 Å². The number of hydrogen-bond donors (Lipinski definition) is 2. The second-order valence-corrected chi connectivity index (χ2v) is 13.3. The average molecular weight is 641 g/mol. The van der Waals surface area contributed by atoms with Crippen LogP contribution >= 0.6 is 22.9 Å². The normalized spacial score (nSPS) is 21.5. The summed E-state index contributed by atoms with van der Waals surface area (Å²) < 4.78 is 0. The maximum Gasteiger partial charge on any atom is 0.323 e. The Kier molecular flexibility index (Phi) is 9.08. The number of ketones is 1. The summed E-state index contributed by atoms with van der Waals surface area (Å²) in [4.78, 5) is 48.8. The van der Waals surface area contributed by atoms with Crippen molar-refractivity contribution in [3.05, 3.63) is 122 Å². The molecule has 2 N–H and O–H groups in total. The minimum Gasteiger partial charge on any atom is -0.338 e. The Morgan fingerprint density at radius 1 is 0.889 bits per heavy atom. The number of thiophene rings is 1. The summed E-state index contributed by atoms with van der Waals surface area (Å²) in [5, 5.41) is 8.96. The molecule has 4 atom stereocenters. The number of Topliss-reactive ketones (excluding diaryl/α,β-unsaturated/α-hetero) is 1. The van der Waals surface area contributed by atoms with Gasteiger partial charge in [0.1, 0.15) is 6.04 Å². The fourth-order valence-electron chi connectivity index (χ4n) is 6.82. The lowest BCUT2D eigenvalue weighted by atomic mass is 9.77. The molecule has 6 rings (SSSR count). The fourth-order valence-corrected chi connectivity index (χ4v) is 8.05. The monoisotopic (exact) mass is 640 g/mol. The van der Waals surface area contributed by atoms with Crippen LogP contribution in [0.25, 0.3) is 0 Å². The molecule has 7 nitrogen and oxygen atoms in total. The Balaban J connectivity index is 1.58. The predicted octanol–water partition coefficient (Wildman–Crippen LogP) is 7.00. The molecule has 9 heteroatoms. The number of anilines is 1. The number of likely N-dealkylation sites (tertiary alicyclic amines) is 1. The van der Waals surface area contributed by atoms with Gasteiger partial charge in [0.15, 0.2) is 5.78 Å². The summed E-state index contributed by atoms with van der Waals surface area (Å²) in [5.74, 6) is -1.53. The van der Waals surface area contributed by atoms with Crippen LogP contribution in [0, 0.1) is 26.7 Å². The number of halogens is 1. The third kappa shape index (κ3) is 6.15. The standard InChI is InChI=1S/C36H37ClN4O3S/c1-22-7-6-9-27(21-22)39-36(44)41-31(25-11-13-26(37)14-12-25)29(33(42)28-10-5-4-8-23(28)2)30(34-24(3)15-20-45-34)32(41)35(43)40-18-16-38-17-19-40/h4-15,20-21,29-32,38H,16-19H2,1-3H3,(H,39,44). The van der Waals surface area contributed by atoms with Gasteiger partial charge >= 0.3 is 6.03 Å². The molecule has 3 amide bonds. The summed E-state index contributed by atoms with van der Waals surface area (Å²) in [7, 11) is 0. The van der Waals surface area contributed by atoms with Gasteiger partial charge in [-0.25, -0.2) is 4.79 Å². The Morgan fingerprint density at radius 3 is 2.29 bits per heavy atom. The molecule has 1 aromatic heterocycles. The molecule has 2 aliphatic rings. The van der Waals surface area contributed by atoms with Crippen molar-refractivity contribution in [3.8, 4) is 0 Å². The van der Waals surface area contributed by atoms with Crippen molar-refractivity contribution in [2.45, 2.75) is 38.8 Å². The molecular formula is C36H37ClN4O3S. The van der Waals surface area contributed by atoms with Gasteiger partial charge in [-0.1, -0.05) is 60.1 Å². The Bertz CT molecular complexity index is 1720. The minimum absolute atomic E-state index is 0.0881. The molecular weight excluding hydrogens is 604 g/mol. The summed E-state index contributed by atoms with van der Waals surface area (Å²) in [5.41, 5.74) is 4.82. The van der Waals surface area contributed by atoms with Crippen LogP contribution in [0.15, 0.2) is 84.2 Å². The van der Waals surface area contributed by atoms with Crippen molar-refractivity contribution < 1.29 is 14.4 Å². The van der Waals surface area contributed by atoms with Crippen molar-refractivity contribution in [1.82, 2.24) is 15.1 Å². The third-order valence-electron chi connectivity index (χ3n) is 8.98. The number of nitrogens with one attached hydrogen (secondary N) is 2. The zero-order valence-corrected chi connectivity index (χ0v) is 27.2. The van der Waals surface area contributed by atoms with E-state index in [1.807, 2.05) is 97.8 Å². The number of benzene rings is 3. The van der Waals surface area contributed by atoms with E-state index < -0.39 is 30.0 Å². The maximum atomic E-state index is 14.9. The van der Waals surface area contributed by atoms with Crippen LogP contribution in [-0.4, -0.2) is 59.7 Å². The molecule has 0 bridgehead atoms. The number of hydrogen-bond acceptors (Lipinski definition) is 5. The summed E-state index contributed by atoms with van der Waals surface area (Å²) in [6.07, 6.45) is 0. The lowest BCUT2D eigenvalue weighted by molar-refractivity contribution is -0.136. The molecule has 0 radical (unpaired) electrons. The Labute approximate surface area is 273 Å². The summed E-state index contributed by atoms with van der Waals surface area (Å²) in [6, 6.07) is 22.4. The van der Waals surface area contributed by atoms with Gasteiger partial charge in [-0.05, 0) is 78.7 Å². The van der Waals surface area contributed by atoms with E-state index in [-0.39, 0.29) is 11.7 Å². The summed E-state index contributed by atoms with van der Waals surface area (Å²) in [6.45, 7) is 8.30. The number of piperazine rings is 1. The maximum absolute atomic E-state index is 14.9. The van der Waals surface area contributed by atoms with E-state index in [1.54, 1.807) is 17.0 Å². The first kappa shape index (κ1) is 31.0. The quantitative estimate of drug-likeness (QED) is 0.223. The molecule has 2 fully saturated rings. The van der Waals surface area contributed by atoms with Crippen LogP contribution in [-0.2, 0) is 4.79 Å². The molecule has 2 saturated heterocycles. The van der Waals surface area contributed by atoms with E-state index in [0.29, 0.717) is 42.5 Å². The zero-order valence-electron chi connectivity index (χ0n) is 25.6. The summed E-state index contributed by atoms with van der Waals surface area (Å²) >= 11 is 7.88. The van der Waals surface area contributed by atoms with Crippen molar-refractivity contribution in [2.24, 2.45) is 5.92 Å². The van der Waals surface area contributed by atoms with Gasteiger partial charge in [0.05, 0.1) is 12.0 Å². The number of carbonyl (C=O) groups is 3. The Morgan fingerprint density at radius 2 is 1.62 bits per heavy atom. The lowest BCUT2D eigenvalue weighted by Gasteiger charge is -2.36. The van der Waals surface area contributed by atoms with E-state index >= 15 is 0 Å². The second-order valence-electron chi connectivity index (χ2n) is 11.9. The first-order valence-electron chi connectivity index (χ1n) is 15.3. The predicted molar refractivity (Wildman–Crippen MR) is 180 cm³/mol. The SMILES string of the molecule is Cc1cccc(NC(=O)N2C(C(=O)N3CCNCC3)C(c3sccc3C)C(C(=O)c3ccccc3C)C2c2ccc(Cl)cc2)c1. The van der Waals surface area contributed by atoms with Crippen molar-refractivity contribution in [3.63, 3.8) is 0 Å². The smallest absolute Gasteiger partial charge is 0.323 e. The van der Waals surface area contributed by atoms with Crippen molar-refractivity contribution in [2.75, 3.05) is 31.5 Å². The van der Waals surface area contributed by atoms with Crippen molar-refractivity contribution >= 4 is 46.3 Å². The topological polar surface area (TPSA) is 81.8 Å². The molecule has 2 aliphatic heterocycles. The van der Waals surface area contributed by atoms with Crippen LogP contribution < -0.4 is 10.6 Å². The third-order valence-corrected chi connectivity index (χ3v) is 10.4. The van der Waals surface area contributed by atoms with Gasteiger partial charge in [0.2, 0.25) is 5.91 Å². The highest BCUT2D eigenvalue weighted by atomic mass is 35.5. The van der Waals surface area contributed by atoms with Gasteiger partial charge in [-0.3, -0.25) is 9.59 Å². The van der Waals surface area contributed by atoms with Crippen molar-refractivity contribution in [1.29, 1.82) is 0 Å². The highest BCUT2D eigenvalue weighted by molar-refractivity contribution is 7.10. The van der Waals surface area contributed by atoms with Gasteiger partial charge < -0.3 is 20.4 Å². The van der Waals surface area contributed by atoms with Crippen LogP contribution in [0.3, 0.4) is 0 Å². The number of urea groups is 1. The van der Waals surface area contributed by atoms with E-state index in [4.69, 9.17) is 11.6 Å². The lowest BCUT2D eigenvalue weighted by Crippen LogP contribution is -2.55. The van der Waals surface area contributed by atoms with Crippen LogP contribution in [0.4, 0.5) is 10.5 Å². The van der Waals surface area contributed by atoms with Crippen LogP contribution in [0.1, 0.15) is 49.4 Å². The van der Waals surface area contributed by atoms with Crippen LogP contribution in [0.5, 0.6) is 0 Å². The van der Waals surface area contributed by atoms with E-state index in [1.165, 1.54) is 11.3 Å². The van der Waals surface area contributed by atoms with Gasteiger partial charge in [0.25, 0.3) is 0 Å². The molecule has 0 spiro atoms. The van der Waals surface area contributed by atoms with Crippen LogP contribution in [0.2, 0.25) is 5.02 Å². The van der Waals surface area contributed by atoms with Gasteiger partial charge in [0, 0.05) is 53.2 Å². The zero-order chi connectivity index (χ0) is 31.7. The van der Waals surface area contributed by atoms with Gasteiger partial charge in [-0.15, -0.1) is 11.3 Å². The molecule has 45 heavy (non-hydrogen) atoms. The molecule has 0 aliphatic carbocycles. The molecule has 4 unspecified atom stereocenters. The molecule has 3 aromatic carbocycles. The molecule has 4 aromatic rings. The number of carbonyl (C=O) groups excluding carboxylic acids is 3. The number of aryl methyl sites for hydroxylation is 3. The molecule has 232 valence electrons. The minimum atomic E-state index is -0.913. The molecule has 3 heterocycles.